The highest BCUT2D eigenvalue weighted by Gasteiger charge is 2.43. The van der Waals surface area contributed by atoms with Gasteiger partial charge in [-0.15, -0.1) is 0 Å². The van der Waals surface area contributed by atoms with Crippen LogP contribution in [0.4, 0.5) is 0 Å². The van der Waals surface area contributed by atoms with Crippen LogP contribution < -0.4 is 0 Å². The lowest BCUT2D eigenvalue weighted by atomic mass is 9.83. The zero-order valence-electron chi connectivity index (χ0n) is 13.8. The van der Waals surface area contributed by atoms with Crippen LogP contribution in [0, 0.1) is 11.8 Å². The molecule has 5 atom stereocenters. The number of aliphatic hydroxyl groups excluding tert-OH is 1. The first-order chi connectivity index (χ1) is 11.3. The molecule has 0 spiro atoms. The second kappa shape index (κ2) is 7.46. The maximum atomic E-state index is 12.3. The first-order valence-corrected chi connectivity index (χ1v) is 9.22. The second-order valence-electron chi connectivity index (χ2n) is 5.94. The minimum Gasteiger partial charge on any atom is -0.467 e. The maximum Gasteiger partial charge on any atom is 0.335 e. The third-order valence-corrected chi connectivity index (χ3v) is 5.77. The molecule has 1 aromatic carbocycles. The summed E-state index contributed by atoms with van der Waals surface area (Å²) in [7, 11) is -2.37. The molecule has 1 aliphatic rings. The molecule has 1 aromatic rings. The predicted molar refractivity (Wildman–Crippen MR) is 87.8 cm³/mol. The Morgan fingerprint density at radius 2 is 1.83 bits per heavy atom. The van der Waals surface area contributed by atoms with E-state index >= 15 is 0 Å². The predicted octanol–water partition coefficient (Wildman–Crippen LogP) is 1.55. The van der Waals surface area contributed by atoms with Crippen LogP contribution in [0.25, 0.3) is 0 Å². The summed E-state index contributed by atoms with van der Waals surface area (Å²) in [5, 5.41) is 11.4. The summed E-state index contributed by atoms with van der Waals surface area (Å²) >= 11 is 0. The number of rotatable bonds is 4. The van der Waals surface area contributed by atoms with Crippen molar-refractivity contribution in [2.45, 2.75) is 37.1 Å². The number of hydrogen-bond donors (Lipinski definition) is 1. The highest BCUT2D eigenvalue weighted by atomic mass is 32.2. The van der Waals surface area contributed by atoms with Gasteiger partial charge in [0, 0.05) is 17.2 Å². The zero-order valence-corrected chi connectivity index (χ0v) is 14.6. The largest absolute Gasteiger partial charge is 0.467 e. The van der Waals surface area contributed by atoms with E-state index in [2.05, 4.69) is 4.74 Å². The van der Waals surface area contributed by atoms with E-state index in [1.54, 1.807) is 32.0 Å². The maximum absolute atomic E-state index is 12.3. The van der Waals surface area contributed by atoms with Gasteiger partial charge in [-0.1, -0.05) is 32.0 Å². The van der Waals surface area contributed by atoms with E-state index in [4.69, 9.17) is 4.74 Å². The molecule has 0 saturated carbocycles. The minimum absolute atomic E-state index is 0.170. The molecule has 7 heteroatoms. The summed E-state index contributed by atoms with van der Waals surface area (Å²) in [6, 6.07) is 8.00. The van der Waals surface area contributed by atoms with E-state index in [1.165, 1.54) is 25.3 Å². The van der Waals surface area contributed by atoms with E-state index in [-0.39, 0.29) is 10.8 Å². The van der Waals surface area contributed by atoms with Crippen LogP contribution in [0.1, 0.15) is 13.8 Å². The summed E-state index contributed by atoms with van der Waals surface area (Å²) < 4.78 is 35.0. The number of carbonyl (C=O) groups excluding carboxylic acids is 1. The van der Waals surface area contributed by atoms with Crippen molar-refractivity contribution in [3.05, 3.63) is 41.8 Å². The number of methoxy groups -OCH3 is 1. The number of esters is 1. The van der Waals surface area contributed by atoms with Gasteiger partial charge in [0.15, 0.2) is 15.9 Å². The Kier molecular flexibility index (Phi) is 5.79. The van der Waals surface area contributed by atoms with Gasteiger partial charge in [0.05, 0.1) is 24.2 Å². The molecule has 2 rings (SSSR count). The average Bonchev–Trinajstić information content (AvgIpc) is 2.59. The Morgan fingerprint density at radius 3 is 2.42 bits per heavy atom. The highest BCUT2D eigenvalue weighted by Crippen LogP contribution is 2.31. The van der Waals surface area contributed by atoms with Gasteiger partial charge in [-0.3, -0.25) is 0 Å². The number of aliphatic hydroxyl groups is 1. The molecule has 0 aliphatic carbocycles. The van der Waals surface area contributed by atoms with Gasteiger partial charge in [0.25, 0.3) is 0 Å². The molecule has 0 aromatic heterocycles. The molecule has 0 radical (unpaired) electrons. The van der Waals surface area contributed by atoms with Gasteiger partial charge in [-0.25, -0.2) is 13.2 Å². The van der Waals surface area contributed by atoms with Gasteiger partial charge in [-0.05, 0) is 18.2 Å². The molecule has 1 saturated heterocycles. The SMILES string of the molecule is COC(=O)C1OC(/C=C/S(=O)(=O)c2ccccc2)C(C)[C@H](O)C1C. The Morgan fingerprint density at radius 1 is 1.21 bits per heavy atom. The highest BCUT2D eigenvalue weighted by molar-refractivity contribution is 7.94. The van der Waals surface area contributed by atoms with Crippen LogP contribution in [0.5, 0.6) is 0 Å². The Labute approximate surface area is 142 Å². The molecule has 0 bridgehead atoms. The van der Waals surface area contributed by atoms with Crippen LogP contribution >= 0.6 is 0 Å². The first kappa shape index (κ1) is 18.6. The third kappa shape index (κ3) is 3.85. The summed E-state index contributed by atoms with van der Waals surface area (Å²) in [6.07, 6.45) is -1.08. The fourth-order valence-electron chi connectivity index (χ4n) is 2.75. The Bertz CT molecular complexity index is 697. The monoisotopic (exact) mass is 354 g/mol. The van der Waals surface area contributed by atoms with Gasteiger partial charge < -0.3 is 14.6 Å². The molecule has 1 heterocycles. The first-order valence-electron chi connectivity index (χ1n) is 7.67. The number of carbonyl (C=O) groups is 1. The van der Waals surface area contributed by atoms with E-state index in [0.29, 0.717) is 0 Å². The van der Waals surface area contributed by atoms with Gasteiger partial charge >= 0.3 is 5.97 Å². The zero-order chi connectivity index (χ0) is 17.9. The smallest absolute Gasteiger partial charge is 0.335 e. The standard InChI is InChI=1S/C17H22O6S/c1-11-14(23-16(17(19)22-3)12(2)15(11)18)9-10-24(20,21)13-7-5-4-6-8-13/h4-12,14-16,18H,1-3H3/b10-9+/t11?,12?,14?,15-,16?/m0/s1. The lowest BCUT2D eigenvalue weighted by Gasteiger charge is -2.40. The molecule has 1 aliphatic heterocycles. The summed E-state index contributed by atoms with van der Waals surface area (Å²) in [6.45, 7) is 3.45. The molecular weight excluding hydrogens is 332 g/mol. The molecule has 6 nitrogen and oxygen atoms in total. The topological polar surface area (TPSA) is 89.9 Å². The number of sulfone groups is 1. The second-order valence-corrected chi connectivity index (χ2v) is 7.77. The van der Waals surface area contributed by atoms with Gasteiger partial charge in [-0.2, -0.15) is 0 Å². The molecule has 1 fully saturated rings. The van der Waals surface area contributed by atoms with Crippen molar-refractivity contribution in [3.8, 4) is 0 Å². The molecule has 0 amide bonds. The van der Waals surface area contributed by atoms with Gasteiger partial charge in [0.2, 0.25) is 0 Å². The van der Waals surface area contributed by atoms with Gasteiger partial charge in [0.1, 0.15) is 0 Å². The average molecular weight is 354 g/mol. The number of benzene rings is 1. The van der Waals surface area contributed by atoms with E-state index in [0.717, 1.165) is 5.41 Å². The van der Waals surface area contributed by atoms with E-state index in [1.807, 2.05) is 0 Å². The van der Waals surface area contributed by atoms with Crippen LogP contribution in [0.15, 0.2) is 46.7 Å². The fraction of sp³-hybridized carbons (Fsp3) is 0.471. The fourth-order valence-corrected chi connectivity index (χ4v) is 3.80. The van der Waals surface area contributed by atoms with Crippen molar-refractivity contribution in [1.29, 1.82) is 0 Å². The van der Waals surface area contributed by atoms with Crippen molar-refractivity contribution in [1.82, 2.24) is 0 Å². The van der Waals surface area contributed by atoms with Crippen LogP contribution in [0.2, 0.25) is 0 Å². The normalized spacial score (nSPS) is 31.1. The molecule has 1 N–H and O–H groups in total. The van der Waals surface area contributed by atoms with Crippen LogP contribution in [-0.2, 0) is 24.1 Å². The number of ether oxygens (including phenoxy) is 2. The molecule has 4 unspecified atom stereocenters. The lowest BCUT2D eigenvalue weighted by Crippen LogP contribution is -2.51. The van der Waals surface area contributed by atoms with Crippen molar-refractivity contribution >= 4 is 15.8 Å². The lowest BCUT2D eigenvalue weighted by molar-refractivity contribution is -0.185. The Hall–Kier alpha value is -1.70. The molecule has 24 heavy (non-hydrogen) atoms. The minimum atomic E-state index is -3.62. The van der Waals surface area contributed by atoms with Crippen molar-refractivity contribution in [2.24, 2.45) is 11.8 Å². The van der Waals surface area contributed by atoms with Crippen molar-refractivity contribution < 1.29 is 27.8 Å². The molecular formula is C17H22O6S. The van der Waals surface area contributed by atoms with Crippen LogP contribution in [-0.4, -0.2) is 44.9 Å². The summed E-state index contributed by atoms with van der Waals surface area (Å²) in [4.78, 5) is 12.0. The van der Waals surface area contributed by atoms with Crippen molar-refractivity contribution in [3.63, 3.8) is 0 Å². The summed E-state index contributed by atoms with van der Waals surface area (Å²) in [5.41, 5.74) is 0. The van der Waals surface area contributed by atoms with E-state index in [9.17, 15) is 18.3 Å². The summed E-state index contributed by atoms with van der Waals surface area (Å²) in [5.74, 6) is -1.39. The quantitative estimate of drug-likeness (QED) is 0.825. The molecule has 132 valence electrons. The van der Waals surface area contributed by atoms with Crippen LogP contribution in [0.3, 0.4) is 0 Å². The third-order valence-electron chi connectivity index (χ3n) is 4.33. The van der Waals surface area contributed by atoms with E-state index < -0.39 is 40.0 Å². The van der Waals surface area contributed by atoms with Crippen molar-refractivity contribution in [2.75, 3.05) is 7.11 Å². The Balaban J connectivity index is 2.22. The number of hydrogen-bond acceptors (Lipinski definition) is 6.